The zero-order chi connectivity index (χ0) is 13.5. The third-order valence-electron chi connectivity index (χ3n) is 4.62. The van der Waals surface area contributed by atoms with Gasteiger partial charge < -0.3 is 15.1 Å². The van der Waals surface area contributed by atoms with E-state index in [0.29, 0.717) is 5.41 Å². The van der Waals surface area contributed by atoms with Crippen LogP contribution >= 0.6 is 0 Å². The van der Waals surface area contributed by atoms with Crippen LogP contribution in [-0.2, 0) is 9.59 Å². The predicted octanol–water partition coefficient (Wildman–Crippen LogP) is 0.0668. The second kappa shape index (κ2) is 4.78. The van der Waals surface area contributed by atoms with E-state index >= 15 is 0 Å². The average molecular weight is 265 g/mol. The van der Waals surface area contributed by atoms with E-state index in [2.05, 4.69) is 10.2 Å². The molecule has 3 aliphatic rings. The number of hydrogen-bond acceptors (Lipinski definition) is 3. The molecule has 0 unspecified atom stereocenters. The number of nitrogens with zero attached hydrogens (tertiary/aromatic N) is 2. The van der Waals surface area contributed by atoms with Crippen LogP contribution in [0.5, 0.6) is 0 Å². The van der Waals surface area contributed by atoms with E-state index < -0.39 is 0 Å². The molecule has 1 N–H and O–H groups in total. The van der Waals surface area contributed by atoms with Gasteiger partial charge in [0, 0.05) is 38.5 Å². The van der Waals surface area contributed by atoms with Crippen LogP contribution in [0.3, 0.4) is 0 Å². The lowest BCUT2D eigenvalue weighted by Crippen LogP contribution is -2.61. The molecule has 1 spiro atoms. The lowest BCUT2D eigenvalue weighted by molar-refractivity contribution is -0.142. The lowest BCUT2D eigenvalue weighted by atomic mass is 9.79. The third kappa shape index (κ3) is 2.91. The maximum atomic E-state index is 11.8. The maximum absolute atomic E-state index is 11.8. The van der Waals surface area contributed by atoms with E-state index in [1.54, 1.807) is 0 Å². The van der Waals surface area contributed by atoms with Gasteiger partial charge in [-0.2, -0.15) is 0 Å². The van der Waals surface area contributed by atoms with Gasteiger partial charge in [-0.15, -0.1) is 0 Å². The van der Waals surface area contributed by atoms with Crippen molar-refractivity contribution in [2.45, 2.75) is 26.2 Å². The predicted molar refractivity (Wildman–Crippen MR) is 71.5 cm³/mol. The molecular formula is C14H23N3O2. The monoisotopic (exact) mass is 265 g/mol. The van der Waals surface area contributed by atoms with Gasteiger partial charge in [0.05, 0.1) is 6.54 Å². The van der Waals surface area contributed by atoms with Crippen molar-refractivity contribution in [3.05, 3.63) is 0 Å². The third-order valence-corrected chi connectivity index (χ3v) is 4.62. The van der Waals surface area contributed by atoms with Gasteiger partial charge in [0.25, 0.3) is 0 Å². The van der Waals surface area contributed by atoms with Crippen molar-refractivity contribution >= 4 is 11.8 Å². The lowest BCUT2D eigenvalue weighted by Gasteiger charge is -2.48. The highest BCUT2D eigenvalue weighted by Crippen LogP contribution is 2.41. The Hall–Kier alpha value is -1.10. The van der Waals surface area contributed by atoms with Crippen LogP contribution < -0.4 is 5.32 Å². The Labute approximate surface area is 114 Å². The fourth-order valence-corrected chi connectivity index (χ4v) is 3.36. The molecule has 0 aromatic heterocycles. The van der Waals surface area contributed by atoms with E-state index in [4.69, 9.17) is 0 Å². The normalized spacial score (nSPS) is 25.4. The summed E-state index contributed by atoms with van der Waals surface area (Å²) in [6.07, 6.45) is 4.04. The molecule has 3 fully saturated rings. The summed E-state index contributed by atoms with van der Waals surface area (Å²) >= 11 is 0. The van der Waals surface area contributed by atoms with E-state index in [1.807, 2.05) is 4.90 Å². The smallest absolute Gasteiger partial charge is 0.242 e. The van der Waals surface area contributed by atoms with Crippen LogP contribution in [-0.4, -0.2) is 60.9 Å². The van der Waals surface area contributed by atoms with Crippen molar-refractivity contribution in [1.82, 2.24) is 15.1 Å². The summed E-state index contributed by atoms with van der Waals surface area (Å²) in [5.41, 5.74) is 0.362. The highest BCUT2D eigenvalue weighted by molar-refractivity contribution is 5.84. The minimum absolute atomic E-state index is 0.0569. The molecule has 0 radical (unpaired) electrons. The molecule has 106 valence electrons. The fraction of sp³-hybridized carbons (Fsp3) is 0.857. The summed E-state index contributed by atoms with van der Waals surface area (Å²) in [7, 11) is 0. The first-order valence-corrected chi connectivity index (χ1v) is 7.31. The van der Waals surface area contributed by atoms with Crippen molar-refractivity contribution in [2.24, 2.45) is 11.3 Å². The molecule has 3 rings (SSSR count). The topological polar surface area (TPSA) is 52.7 Å². The number of rotatable bonds is 4. The molecule has 1 aliphatic carbocycles. The quantitative estimate of drug-likeness (QED) is 0.782. The first-order chi connectivity index (χ1) is 9.06. The Kier molecular flexibility index (Phi) is 3.25. The molecule has 2 heterocycles. The maximum Gasteiger partial charge on any atom is 0.242 e. The molecular weight excluding hydrogens is 242 g/mol. The molecule has 0 atom stereocenters. The highest BCUT2D eigenvalue weighted by Gasteiger charge is 2.49. The van der Waals surface area contributed by atoms with Crippen LogP contribution in [0.1, 0.15) is 26.2 Å². The first kappa shape index (κ1) is 12.9. The Bertz CT molecular complexity index is 386. The van der Waals surface area contributed by atoms with E-state index in [0.717, 1.165) is 25.6 Å². The first-order valence-electron chi connectivity index (χ1n) is 7.31. The van der Waals surface area contributed by atoms with E-state index in [-0.39, 0.29) is 18.4 Å². The summed E-state index contributed by atoms with van der Waals surface area (Å²) in [4.78, 5) is 27.1. The van der Waals surface area contributed by atoms with Crippen LogP contribution in [0, 0.1) is 11.3 Å². The Morgan fingerprint density at radius 2 is 2.00 bits per heavy atom. The molecule has 0 aromatic rings. The van der Waals surface area contributed by atoms with Crippen LogP contribution in [0.15, 0.2) is 0 Å². The van der Waals surface area contributed by atoms with Crippen molar-refractivity contribution in [3.63, 3.8) is 0 Å². The molecule has 0 aromatic carbocycles. The molecule has 0 bridgehead atoms. The average Bonchev–Trinajstić information content (AvgIpc) is 3.01. The standard InChI is InChI=1S/C14H23N3O2/c1-11(18)15-6-13(19)17-9-14(10-17)4-5-16(8-14)7-12-2-3-12/h12H,2-10H2,1H3,(H,15,18). The van der Waals surface area contributed by atoms with Gasteiger partial charge in [-0.05, 0) is 31.7 Å². The van der Waals surface area contributed by atoms with E-state index in [9.17, 15) is 9.59 Å². The van der Waals surface area contributed by atoms with Crippen LogP contribution in [0.25, 0.3) is 0 Å². The Morgan fingerprint density at radius 1 is 1.26 bits per heavy atom. The van der Waals surface area contributed by atoms with Crippen molar-refractivity contribution in [2.75, 3.05) is 39.3 Å². The van der Waals surface area contributed by atoms with Gasteiger partial charge in [0.1, 0.15) is 0 Å². The zero-order valence-electron chi connectivity index (χ0n) is 11.7. The number of hydrogen-bond donors (Lipinski definition) is 1. The van der Waals surface area contributed by atoms with Crippen molar-refractivity contribution in [1.29, 1.82) is 0 Å². The summed E-state index contributed by atoms with van der Waals surface area (Å²) in [5, 5.41) is 2.58. The minimum atomic E-state index is -0.139. The van der Waals surface area contributed by atoms with Crippen LogP contribution in [0.4, 0.5) is 0 Å². The molecule has 5 heteroatoms. The second-order valence-electron chi connectivity index (χ2n) is 6.59. The van der Waals surface area contributed by atoms with E-state index in [1.165, 1.54) is 39.3 Å². The molecule has 2 saturated heterocycles. The van der Waals surface area contributed by atoms with Crippen molar-refractivity contribution in [3.8, 4) is 0 Å². The number of amides is 2. The van der Waals surface area contributed by atoms with Gasteiger partial charge in [-0.25, -0.2) is 0 Å². The second-order valence-corrected chi connectivity index (χ2v) is 6.59. The summed E-state index contributed by atoms with van der Waals surface area (Å²) < 4.78 is 0. The molecule has 2 aliphatic heterocycles. The Balaban J connectivity index is 1.41. The fourth-order valence-electron chi connectivity index (χ4n) is 3.36. The van der Waals surface area contributed by atoms with Crippen LogP contribution in [0.2, 0.25) is 0 Å². The zero-order valence-corrected chi connectivity index (χ0v) is 11.7. The molecule has 5 nitrogen and oxygen atoms in total. The molecule has 2 amide bonds. The number of carbonyl (C=O) groups excluding carboxylic acids is 2. The highest BCUT2D eigenvalue weighted by atomic mass is 16.2. The Morgan fingerprint density at radius 3 is 2.63 bits per heavy atom. The largest absolute Gasteiger partial charge is 0.347 e. The summed E-state index contributed by atoms with van der Waals surface area (Å²) in [6, 6.07) is 0. The molecule has 19 heavy (non-hydrogen) atoms. The summed E-state index contributed by atoms with van der Waals surface area (Å²) in [5.74, 6) is 0.870. The summed E-state index contributed by atoms with van der Waals surface area (Å²) in [6.45, 7) is 6.98. The van der Waals surface area contributed by atoms with Gasteiger partial charge in [-0.3, -0.25) is 9.59 Å². The molecule has 1 saturated carbocycles. The number of nitrogens with one attached hydrogen (secondary N) is 1. The SMILES string of the molecule is CC(=O)NCC(=O)N1CC2(CCN(CC3CC3)C2)C1. The van der Waals surface area contributed by atoms with Gasteiger partial charge in [0.2, 0.25) is 11.8 Å². The van der Waals surface area contributed by atoms with Crippen molar-refractivity contribution < 1.29 is 9.59 Å². The number of carbonyl (C=O) groups is 2. The number of likely N-dealkylation sites (tertiary alicyclic amines) is 2. The van der Waals surface area contributed by atoms with Gasteiger partial charge in [-0.1, -0.05) is 0 Å². The van der Waals surface area contributed by atoms with Gasteiger partial charge >= 0.3 is 0 Å². The van der Waals surface area contributed by atoms with Gasteiger partial charge in [0.15, 0.2) is 0 Å². The minimum Gasteiger partial charge on any atom is -0.347 e.